The highest BCUT2D eigenvalue weighted by Crippen LogP contribution is 2.29. The largest absolute Gasteiger partial charge is 0.573 e. The van der Waals surface area contributed by atoms with Crippen LogP contribution < -0.4 is 10.1 Å². The maximum Gasteiger partial charge on any atom is 0.573 e. The lowest BCUT2D eigenvalue weighted by molar-refractivity contribution is -0.274. The third kappa shape index (κ3) is 6.14. The second-order valence-electron chi connectivity index (χ2n) is 4.11. The minimum Gasteiger partial charge on any atom is -0.406 e. The molecule has 0 radical (unpaired) electrons. The predicted octanol–water partition coefficient (Wildman–Crippen LogP) is 4.19. The summed E-state index contributed by atoms with van der Waals surface area (Å²) in [5.74, 6) is -0.410. The van der Waals surface area contributed by atoms with Gasteiger partial charge >= 0.3 is 12.5 Å². The molecule has 1 unspecified atom stereocenters. The number of alkyl halides is 6. The zero-order chi connectivity index (χ0) is 15.4. The van der Waals surface area contributed by atoms with E-state index in [9.17, 15) is 26.3 Å². The standard InChI is InChI=1S/C12H13F6NO/c1-19-10(6-7-11(13,14)15)8-2-4-9(5-3-8)20-12(16,17)18/h2-5,10,19H,6-7H2,1H3. The lowest BCUT2D eigenvalue weighted by Gasteiger charge is -2.18. The Labute approximate surface area is 111 Å². The van der Waals surface area contributed by atoms with Gasteiger partial charge in [0.15, 0.2) is 0 Å². The normalized spacial score (nSPS) is 14.2. The van der Waals surface area contributed by atoms with Gasteiger partial charge in [-0.05, 0) is 31.2 Å². The van der Waals surface area contributed by atoms with E-state index in [0.717, 1.165) is 12.1 Å². The highest BCUT2D eigenvalue weighted by molar-refractivity contribution is 5.29. The molecule has 1 aromatic rings. The molecule has 0 amide bonds. The van der Waals surface area contributed by atoms with Gasteiger partial charge in [0.05, 0.1) is 0 Å². The lowest BCUT2D eigenvalue weighted by atomic mass is 10.0. The summed E-state index contributed by atoms with van der Waals surface area (Å²) in [6, 6.07) is 4.16. The second kappa shape index (κ2) is 6.34. The van der Waals surface area contributed by atoms with E-state index in [2.05, 4.69) is 10.1 Å². The Morgan fingerprint density at radius 1 is 1.05 bits per heavy atom. The van der Waals surface area contributed by atoms with Gasteiger partial charge in [-0.2, -0.15) is 13.2 Å². The zero-order valence-electron chi connectivity index (χ0n) is 10.5. The molecule has 0 saturated carbocycles. The predicted molar refractivity (Wildman–Crippen MR) is 60.2 cm³/mol. The molecule has 1 N–H and O–H groups in total. The van der Waals surface area contributed by atoms with Crippen molar-refractivity contribution in [3.05, 3.63) is 29.8 Å². The van der Waals surface area contributed by atoms with Crippen molar-refractivity contribution in [2.75, 3.05) is 7.05 Å². The van der Waals surface area contributed by atoms with Crippen LogP contribution in [0.3, 0.4) is 0 Å². The Morgan fingerprint density at radius 3 is 2.00 bits per heavy atom. The van der Waals surface area contributed by atoms with Crippen LogP contribution in [-0.2, 0) is 0 Å². The Morgan fingerprint density at radius 2 is 1.60 bits per heavy atom. The van der Waals surface area contributed by atoms with E-state index in [1.54, 1.807) is 0 Å². The summed E-state index contributed by atoms with van der Waals surface area (Å²) in [7, 11) is 1.49. The van der Waals surface area contributed by atoms with Crippen molar-refractivity contribution in [3.8, 4) is 5.75 Å². The van der Waals surface area contributed by atoms with Crippen molar-refractivity contribution in [2.45, 2.75) is 31.4 Å². The summed E-state index contributed by atoms with van der Waals surface area (Å²) in [6.07, 6.45) is -10.2. The number of benzene rings is 1. The zero-order valence-corrected chi connectivity index (χ0v) is 10.5. The molecular formula is C12H13F6NO. The molecule has 0 heterocycles. The minimum atomic E-state index is -4.79. The maximum atomic E-state index is 12.1. The molecule has 0 bridgehead atoms. The minimum absolute atomic E-state index is 0.195. The molecule has 0 aromatic heterocycles. The molecule has 0 aliphatic carbocycles. The van der Waals surface area contributed by atoms with Crippen molar-refractivity contribution >= 4 is 0 Å². The van der Waals surface area contributed by atoms with Gasteiger partial charge in [0.2, 0.25) is 0 Å². The summed E-state index contributed by atoms with van der Waals surface area (Å²) in [6.45, 7) is 0. The lowest BCUT2D eigenvalue weighted by Crippen LogP contribution is -2.20. The van der Waals surface area contributed by atoms with E-state index in [1.165, 1.54) is 19.2 Å². The Balaban J connectivity index is 2.70. The van der Waals surface area contributed by atoms with Crippen LogP contribution in [0.15, 0.2) is 24.3 Å². The first-order valence-electron chi connectivity index (χ1n) is 5.70. The number of halogens is 6. The van der Waals surface area contributed by atoms with E-state index in [4.69, 9.17) is 0 Å². The van der Waals surface area contributed by atoms with Crippen LogP contribution in [0.4, 0.5) is 26.3 Å². The third-order valence-electron chi connectivity index (χ3n) is 2.58. The number of ether oxygens (including phenoxy) is 1. The van der Waals surface area contributed by atoms with Crippen LogP contribution in [-0.4, -0.2) is 19.6 Å². The highest BCUT2D eigenvalue weighted by Gasteiger charge is 2.31. The molecule has 8 heteroatoms. The summed E-state index contributed by atoms with van der Waals surface area (Å²) >= 11 is 0. The van der Waals surface area contributed by atoms with E-state index in [-0.39, 0.29) is 6.42 Å². The third-order valence-corrected chi connectivity index (χ3v) is 2.58. The summed E-state index contributed by atoms with van der Waals surface area (Å²) in [5, 5.41) is 2.70. The van der Waals surface area contributed by atoms with Crippen LogP contribution in [0.25, 0.3) is 0 Å². The molecule has 1 aromatic carbocycles. The van der Waals surface area contributed by atoms with Crippen LogP contribution in [0.2, 0.25) is 0 Å². The first-order valence-corrected chi connectivity index (χ1v) is 5.70. The van der Waals surface area contributed by atoms with Gasteiger partial charge in [0.25, 0.3) is 0 Å². The fraction of sp³-hybridized carbons (Fsp3) is 0.500. The quantitative estimate of drug-likeness (QED) is 0.823. The average Bonchev–Trinajstić information content (AvgIpc) is 2.28. The van der Waals surface area contributed by atoms with Gasteiger partial charge in [-0.3, -0.25) is 0 Å². The molecule has 0 saturated heterocycles. The van der Waals surface area contributed by atoms with Crippen molar-refractivity contribution in [1.29, 1.82) is 0 Å². The van der Waals surface area contributed by atoms with E-state index >= 15 is 0 Å². The van der Waals surface area contributed by atoms with Crippen molar-refractivity contribution in [3.63, 3.8) is 0 Å². The Kier molecular flexibility index (Phi) is 5.27. The van der Waals surface area contributed by atoms with Crippen LogP contribution in [0, 0.1) is 0 Å². The average molecular weight is 301 g/mol. The van der Waals surface area contributed by atoms with Gasteiger partial charge in [0.1, 0.15) is 5.75 Å². The second-order valence-corrected chi connectivity index (χ2v) is 4.11. The summed E-state index contributed by atoms with van der Waals surface area (Å²) in [5.41, 5.74) is 0.464. The number of nitrogens with one attached hydrogen (secondary N) is 1. The van der Waals surface area contributed by atoms with Crippen LogP contribution in [0.1, 0.15) is 24.4 Å². The molecule has 20 heavy (non-hydrogen) atoms. The molecule has 0 spiro atoms. The Bertz CT molecular complexity index is 411. The first kappa shape index (κ1) is 16.6. The number of hydrogen-bond acceptors (Lipinski definition) is 2. The molecule has 1 rings (SSSR count). The van der Waals surface area contributed by atoms with Crippen molar-refractivity contribution in [2.24, 2.45) is 0 Å². The molecule has 0 aliphatic rings. The van der Waals surface area contributed by atoms with E-state index in [0.29, 0.717) is 5.56 Å². The number of rotatable bonds is 5. The van der Waals surface area contributed by atoms with E-state index < -0.39 is 30.8 Å². The molecule has 2 nitrogen and oxygen atoms in total. The summed E-state index contributed by atoms with van der Waals surface area (Å²) < 4.78 is 76.0. The SMILES string of the molecule is CNC(CCC(F)(F)F)c1ccc(OC(F)(F)F)cc1. The topological polar surface area (TPSA) is 21.3 Å². The van der Waals surface area contributed by atoms with Crippen molar-refractivity contribution < 1.29 is 31.1 Å². The summed E-state index contributed by atoms with van der Waals surface area (Å²) in [4.78, 5) is 0. The maximum absolute atomic E-state index is 12.1. The van der Waals surface area contributed by atoms with Gasteiger partial charge in [-0.1, -0.05) is 12.1 Å². The molecule has 1 atom stereocenters. The fourth-order valence-corrected chi connectivity index (χ4v) is 1.69. The Hall–Kier alpha value is -1.44. The van der Waals surface area contributed by atoms with Gasteiger partial charge in [0, 0.05) is 12.5 Å². The van der Waals surface area contributed by atoms with E-state index in [1.807, 2.05) is 0 Å². The first-order chi connectivity index (χ1) is 9.11. The highest BCUT2D eigenvalue weighted by atomic mass is 19.4. The number of hydrogen-bond donors (Lipinski definition) is 1. The fourth-order valence-electron chi connectivity index (χ4n) is 1.69. The smallest absolute Gasteiger partial charge is 0.406 e. The van der Waals surface area contributed by atoms with Crippen LogP contribution in [0.5, 0.6) is 5.75 Å². The monoisotopic (exact) mass is 301 g/mol. The molecular weight excluding hydrogens is 288 g/mol. The van der Waals surface area contributed by atoms with Crippen molar-refractivity contribution in [1.82, 2.24) is 5.32 Å². The molecule has 114 valence electrons. The van der Waals surface area contributed by atoms with Gasteiger partial charge in [-0.15, -0.1) is 13.2 Å². The van der Waals surface area contributed by atoms with Gasteiger partial charge < -0.3 is 10.1 Å². The molecule has 0 fully saturated rings. The van der Waals surface area contributed by atoms with Crippen LogP contribution >= 0.6 is 0 Å². The molecule has 0 aliphatic heterocycles. The van der Waals surface area contributed by atoms with Gasteiger partial charge in [-0.25, -0.2) is 0 Å².